The van der Waals surface area contributed by atoms with Crippen LogP contribution in [0.5, 0.6) is 0 Å². The lowest BCUT2D eigenvalue weighted by Gasteiger charge is -2.14. The van der Waals surface area contributed by atoms with Crippen LogP contribution in [0.4, 0.5) is 0 Å². The number of benzene rings is 2. The zero-order chi connectivity index (χ0) is 17.8. The summed E-state index contributed by atoms with van der Waals surface area (Å²) in [6.07, 6.45) is 0.866. The number of carbonyl (C=O) groups excluding carboxylic acids is 1. The summed E-state index contributed by atoms with van der Waals surface area (Å²) in [7, 11) is 0. The smallest absolute Gasteiger partial charge is 0.329 e. The summed E-state index contributed by atoms with van der Waals surface area (Å²) in [4.78, 5) is 25.2. The van der Waals surface area contributed by atoms with Crippen molar-refractivity contribution in [3.05, 3.63) is 70.6 Å². The van der Waals surface area contributed by atoms with E-state index in [1.807, 2.05) is 68.4 Å². The van der Waals surface area contributed by atoms with Crippen molar-refractivity contribution in [2.75, 3.05) is 0 Å². The molecule has 25 heavy (non-hydrogen) atoms. The van der Waals surface area contributed by atoms with Gasteiger partial charge in [-0.15, -0.1) is 0 Å². The van der Waals surface area contributed by atoms with Gasteiger partial charge in [-0.2, -0.15) is 0 Å². The first-order valence-corrected chi connectivity index (χ1v) is 8.64. The maximum atomic E-state index is 12.7. The van der Waals surface area contributed by atoms with Gasteiger partial charge in [0.2, 0.25) is 5.91 Å². The molecule has 0 saturated carbocycles. The third-order valence-corrected chi connectivity index (χ3v) is 4.35. The molecule has 3 aromatic rings. The Labute approximate surface area is 146 Å². The van der Waals surface area contributed by atoms with E-state index in [9.17, 15) is 9.59 Å². The van der Waals surface area contributed by atoms with Crippen LogP contribution in [0, 0.1) is 0 Å². The monoisotopic (exact) mass is 337 g/mol. The number of rotatable bonds is 6. The zero-order valence-corrected chi connectivity index (χ0v) is 14.6. The summed E-state index contributed by atoms with van der Waals surface area (Å²) >= 11 is 0. The van der Waals surface area contributed by atoms with E-state index in [4.69, 9.17) is 0 Å². The van der Waals surface area contributed by atoms with Gasteiger partial charge in [0.15, 0.2) is 0 Å². The van der Waals surface area contributed by atoms with Gasteiger partial charge in [0.25, 0.3) is 0 Å². The number of amides is 1. The van der Waals surface area contributed by atoms with Gasteiger partial charge in [-0.25, -0.2) is 4.79 Å². The average molecular weight is 337 g/mol. The van der Waals surface area contributed by atoms with Gasteiger partial charge in [0.05, 0.1) is 17.1 Å². The molecule has 0 aliphatic heterocycles. The lowest BCUT2D eigenvalue weighted by Crippen LogP contribution is -2.34. The first-order chi connectivity index (χ1) is 12.1. The molecule has 0 spiro atoms. The largest absolute Gasteiger partial charge is 0.348 e. The maximum Gasteiger partial charge on any atom is 0.329 e. The fourth-order valence-electron chi connectivity index (χ4n) is 3.12. The minimum absolute atomic E-state index is 0.0211. The lowest BCUT2D eigenvalue weighted by molar-refractivity contribution is -0.122. The maximum absolute atomic E-state index is 12.7. The molecule has 1 atom stereocenters. The van der Waals surface area contributed by atoms with Crippen molar-refractivity contribution in [3.63, 3.8) is 0 Å². The summed E-state index contributed by atoms with van der Waals surface area (Å²) in [6, 6.07) is 17.3. The summed E-state index contributed by atoms with van der Waals surface area (Å²) in [6.45, 7) is 4.64. The van der Waals surface area contributed by atoms with Crippen LogP contribution in [0.25, 0.3) is 11.0 Å². The van der Waals surface area contributed by atoms with E-state index in [1.165, 1.54) is 0 Å². The number of fused-ring (bicyclic) bond motifs is 1. The normalized spacial score (nSPS) is 12.2. The number of nitrogens with one attached hydrogen (secondary N) is 1. The van der Waals surface area contributed by atoms with Crippen LogP contribution in [0.2, 0.25) is 0 Å². The summed E-state index contributed by atoms with van der Waals surface area (Å²) in [5.74, 6) is -0.169. The minimum atomic E-state index is -0.169. The molecule has 0 bridgehead atoms. The van der Waals surface area contributed by atoms with Crippen molar-refractivity contribution in [2.24, 2.45) is 0 Å². The molecule has 0 unspecified atom stereocenters. The van der Waals surface area contributed by atoms with Crippen LogP contribution in [-0.2, 0) is 17.9 Å². The highest BCUT2D eigenvalue weighted by Crippen LogP contribution is 2.14. The Balaban J connectivity index is 1.84. The second kappa shape index (κ2) is 7.38. The Hall–Kier alpha value is -2.82. The fourth-order valence-corrected chi connectivity index (χ4v) is 3.12. The Bertz CT molecular complexity index is 925. The van der Waals surface area contributed by atoms with Crippen molar-refractivity contribution in [1.29, 1.82) is 0 Å². The fraction of sp³-hybridized carbons (Fsp3) is 0.300. The Kier molecular flexibility index (Phi) is 5.03. The molecule has 1 aromatic heterocycles. The number of hydrogen-bond donors (Lipinski definition) is 1. The standard InChI is InChI=1S/C20H23N3O2/c1-3-13-22-17-11-7-8-12-18(17)23(20(22)25)14-19(24)21-15(2)16-9-5-4-6-10-16/h4-12,15H,3,13-14H2,1-2H3,(H,21,24)/t15-/m1/s1. The van der Waals surface area contributed by atoms with E-state index in [2.05, 4.69) is 5.32 Å². The molecule has 0 radical (unpaired) electrons. The van der Waals surface area contributed by atoms with Gasteiger partial charge >= 0.3 is 5.69 Å². The van der Waals surface area contributed by atoms with Gasteiger partial charge < -0.3 is 5.32 Å². The van der Waals surface area contributed by atoms with E-state index in [1.54, 1.807) is 9.13 Å². The van der Waals surface area contributed by atoms with Crippen LogP contribution in [0.15, 0.2) is 59.4 Å². The van der Waals surface area contributed by atoms with Gasteiger partial charge in [-0.3, -0.25) is 13.9 Å². The highest BCUT2D eigenvalue weighted by molar-refractivity contribution is 5.81. The Morgan fingerprint density at radius 2 is 1.60 bits per heavy atom. The van der Waals surface area contributed by atoms with Crippen molar-refractivity contribution in [2.45, 2.75) is 39.4 Å². The molecule has 1 amide bonds. The molecule has 0 aliphatic rings. The van der Waals surface area contributed by atoms with E-state index in [0.717, 1.165) is 23.0 Å². The Morgan fingerprint density at radius 3 is 2.24 bits per heavy atom. The van der Waals surface area contributed by atoms with Gasteiger partial charge in [0.1, 0.15) is 6.54 Å². The lowest BCUT2D eigenvalue weighted by atomic mass is 10.1. The minimum Gasteiger partial charge on any atom is -0.348 e. The number of nitrogens with zero attached hydrogens (tertiary/aromatic N) is 2. The number of imidazole rings is 1. The van der Waals surface area contributed by atoms with E-state index >= 15 is 0 Å². The number of carbonyl (C=O) groups is 1. The average Bonchev–Trinajstić information content (AvgIpc) is 2.89. The predicted molar refractivity (Wildman–Crippen MR) is 99.5 cm³/mol. The molecular weight excluding hydrogens is 314 g/mol. The molecular formula is C20H23N3O2. The third-order valence-electron chi connectivity index (χ3n) is 4.35. The quantitative estimate of drug-likeness (QED) is 0.751. The predicted octanol–water partition coefficient (Wildman–Crippen LogP) is 3.09. The molecule has 2 aromatic carbocycles. The van der Waals surface area contributed by atoms with E-state index in [0.29, 0.717) is 6.54 Å². The van der Waals surface area contributed by atoms with Gasteiger partial charge in [0, 0.05) is 6.54 Å². The van der Waals surface area contributed by atoms with Crippen molar-refractivity contribution in [1.82, 2.24) is 14.5 Å². The van der Waals surface area contributed by atoms with Gasteiger partial charge in [-0.05, 0) is 31.0 Å². The number of para-hydroxylation sites is 2. The molecule has 0 saturated heterocycles. The molecule has 5 nitrogen and oxygen atoms in total. The molecule has 5 heteroatoms. The molecule has 1 N–H and O–H groups in total. The third kappa shape index (κ3) is 3.50. The van der Waals surface area contributed by atoms with Crippen molar-refractivity contribution >= 4 is 16.9 Å². The van der Waals surface area contributed by atoms with Crippen LogP contribution in [0.3, 0.4) is 0 Å². The van der Waals surface area contributed by atoms with Crippen LogP contribution in [0.1, 0.15) is 31.9 Å². The number of aryl methyl sites for hydroxylation is 1. The summed E-state index contributed by atoms with van der Waals surface area (Å²) in [5.41, 5.74) is 2.57. The topological polar surface area (TPSA) is 56.0 Å². The molecule has 1 heterocycles. The van der Waals surface area contributed by atoms with Crippen LogP contribution >= 0.6 is 0 Å². The zero-order valence-electron chi connectivity index (χ0n) is 14.6. The van der Waals surface area contributed by atoms with Crippen molar-refractivity contribution in [3.8, 4) is 0 Å². The Morgan fingerprint density at radius 1 is 1.00 bits per heavy atom. The summed E-state index contributed by atoms with van der Waals surface area (Å²) < 4.78 is 3.29. The molecule has 0 fully saturated rings. The number of hydrogen-bond acceptors (Lipinski definition) is 2. The first kappa shape index (κ1) is 17.0. The SMILES string of the molecule is CCCn1c(=O)n(CC(=O)N[C@H](C)c2ccccc2)c2ccccc21. The van der Waals surface area contributed by atoms with Crippen LogP contribution < -0.4 is 11.0 Å². The molecule has 3 rings (SSSR count). The van der Waals surface area contributed by atoms with Crippen LogP contribution in [-0.4, -0.2) is 15.0 Å². The second-order valence-corrected chi connectivity index (χ2v) is 6.21. The first-order valence-electron chi connectivity index (χ1n) is 8.64. The van der Waals surface area contributed by atoms with E-state index in [-0.39, 0.29) is 24.2 Å². The summed E-state index contributed by atoms with van der Waals surface area (Å²) in [5, 5.41) is 2.97. The van der Waals surface area contributed by atoms with E-state index < -0.39 is 0 Å². The van der Waals surface area contributed by atoms with Crippen molar-refractivity contribution < 1.29 is 4.79 Å². The molecule has 0 aliphatic carbocycles. The number of aromatic nitrogens is 2. The van der Waals surface area contributed by atoms with Gasteiger partial charge in [-0.1, -0.05) is 49.4 Å². The molecule has 130 valence electrons. The highest BCUT2D eigenvalue weighted by atomic mass is 16.2. The highest BCUT2D eigenvalue weighted by Gasteiger charge is 2.16. The second-order valence-electron chi connectivity index (χ2n) is 6.21.